The Kier molecular flexibility index (Phi) is 8.89. The second kappa shape index (κ2) is 12.3. The average Bonchev–Trinajstić information content (AvgIpc) is 3.23. The van der Waals surface area contributed by atoms with Gasteiger partial charge in [-0.1, -0.05) is 31.4 Å². The number of hydrogen-bond donors (Lipinski definition) is 1. The van der Waals surface area contributed by atoms with E-state index in [2.05, 4.69) is 11.9 Å². The highest BCUT2D eigenvalue weighted by atomic mass is 35.5. The van der Waals surface area contributed by atoms with Gasteiger partial charge in [0.1, 0.15) is 12.3 Å². The second-order valence-corrected chi connectivity index (χ2v) is 9.48. The third-order valence-electron chi connectivity index (χ3n) is 6.46. The number of benzene rings is 1. The van der Waals surface area contributed by atoms with Gasteiger partial charge in [-0.15, -0.1) is 0 Å². The van der Waals surface area contributed by atoms with Gasteiger partial charge in [0.05, 0.1) is 25.3 Å². The number of unbranched alkanes of at least 4 members (excludes halogenated alkanes) is 2. The summed E-state index contributed by atoms with van der Waals surface area (Å²) in [7, 11) is 1.61. The highest BCUT2D eigenvalue weighted by Gasteiger charge is 2.28. The Labute approximate surface area is 221 Å². The molecule has 0 bridgehead atoms. The normalized spacial score (nSPS) is 13.9. The highest BCUT2D eigenvalue weighted by molar-refractivity contribution is 6.35. The molecule has 0 aliphatic carbocycles. The molecule has 9 nitrogen and oxygen atoms in total. The number of ether oxygens (including phenoxy) is 2. The fraction of sp³-hybridized carbons (Fsp3) is 0.444. The number of methoxy groups -OCH3 is 1. The molecule has 37 heavy (non-hydrogen) atoms. The number of pyridine rings is 1. The monoisotopic (exact) mass is 528 g/mol. The van der Waals surface area contributed by atoms with Gasteiger partial charge < -0.3 is 24.0 Å². The summed E-state index contributed by atoms with van der Waals surface area (Å²) in [6, 6.07) is 7.31. The molecule has 3 aromatic rings. The van der Waals surface area contributed by atoms with Crippen LogP contribution in [-0.2, 0) is 17.9 Å². The zero-order chi connectivity index (χ0) is 26.4. The average molecular weight is 529 g/mol. The minimum atomic E-state index is -0.550. The number of aromatic nitrogens is 2. The van der Waals surface area contributed by atoms with Gasteiger partial charge in [-0.25, -0.2) is 9.78 Å². The smallest absolute Gasteiger partial charge is 0.324 e. The first-order chi connectivity index (χ1) is 18.0. The van der Waals surface area contributed by atoms with Crippen molar-refractivity contribution >= 4 is 40.1 Å². The molecular formula is C27H33ClN4O5. The predicted molar refractivity (Wildman–Crippen MR) is 143 cm³/mol. The van der Waals surface area contributed by atoms with Gasteiger partial charge in [0.15, 0.2) is 17.3 Å². The number of aliphatic hydroxyl groups excluding tert-OH is 1. The van der Waals surface area contributed by atoms with Gasteiger partial charge in [0, 0.05) is 49.2 Å². The van der Waals surface area contributed by atoms with Gasteiger partial charge >= 0.3 is 6.03 Å². The molecule has 3 heterocycles. The van der Waals surface area contributed by atoms with Crippen LogP contribution in [0.4, 0.5) is 10.5 Å². The summed E-state index contributed by atoms with van der Waals surface area (Å²) in [5, 5.41) is 10.3. The van der Waals surface area contributed by atoms with Crippen LogP contribution >= 0.6 is 11.6 Å². The molecule has 1 fully saturated rings. The Balaban J connectivity index is 1.55. The first-order valence-corrected chi connectivity index (χ1v) is 13.0. The number of Topliss-reactive ketones (excluding diaryl/α,β-unsaturated/α-hetero) is 1. The lowest BCUT2D eigenvalue weighted by atomic mass is 10.1. The molecule has 1 aromatic carbocycles. The van der Waals surface area contributed by atoms with Crippen LogP contribution in [0.3, 0.4) is 0 Å². The van der Waals surface area contributed by atoms with Crippen LogP contribution in [0, 0.1) is 0 Å². The van der Waals surface area contributed by atoms with Crippen LogP contribution in [-0.4, -0.2) is 64.8 Å². The molecule has 0 saturated carbocycles. The van der Waals surface area contributed by atoms with Gasteiger partial charge in [0.2, 0.25) is 0 Å². The number of amides is 2. The molecule has 0 spiro atoms. The first-order valence-electron chi connectivity index (χ1n) is 12.6. The van der Waals surface area contributed by atoms with E-state index in [4.69, 9.17) is 26.2 Å². The molecule has 1 saturated heterocycles. The molecule has 10 heteroatoms. The molecule has 2 aromatic heterocycles. The van der Waals surface area contributed by atoms with Crippen molar-refractivity contribution in [3.05, 3.63) is 47.2 Å². The van der Waals surface area contributed by atoms with E-state index in [1.165, 1.54) is 0 Å². The van der Waals surface area contributed by atoms with E-state index < -0.39 is 6.61 Å². The number of anilines is 1. The van der Waals surface area contributed by atoms with Crippen LogP contribution in [0.15, 0.2) is 36.7 Å². The lowest BCUT2D eigenvalue weighted by Crippen LogP contribution is -2.49. The number of aliphatic hydroxyl groups is 1. The first kappa shape index (κ1) is 26.8. The number of hydrogen-bond acceptors (Lipinski definition) is 6. The lowest BCUT2D eigenvalue weighted by Gasteiger charge is -2.36. The fourth-order valence-corrected chi connectivity index (χ4v) is 4.90. The molecule has 198 valence electrons. The van der Waals surface area contributed by atoms with Crippen molar-refractivity contribution in [3.8, 4) is 11.5 Å². The Hall–Kier alpha value is -3.30. The Morgan fingerprint density at radius 2 is 2.03 bits per heavy atom. The SMILES string of the molecule is CCCCCOc1cc(N2CCCN(Cc3ccnc4c3c(Cl)cn4CC(=O)CO)C2=O)ccc1OC. The number of nitrogens with zero attached hydrogens (tertiary/aromatic N) is 4. The largest absolute Gasteiger partial charge is 0.493 e. The summed E-state index contributed by atoms with van der Waals surface area (Å²) in [6.45, 7) is 3.73. The van der Waals surface area contributed by atoms with E-state index in [0.29, 0.717) is 53.8 Å². The minimum Gasteiger partial charge on any atom is -0.493 e. The third kappa shape index (κ3) is 5.99. The predicted octanol–water partition coefficient (Wildman–Crippen LogP) is 4.66. The Morgan fingerprint density at radius 3 is 2.78 bits per heavy atom. The van der Waals surface area contributed by atoms with E-state index in [0.717, 1.165) is 36.9 Å². The number of halogens is 1. The van der Waals surface area contributed by atoms with E-state index in [1.807, 2.05) is 24.3 Å². The van der Waals surface area contributed by atoms with E-state index in [-0.39, 0.29) is 18.4 Å². The third-order valence-corrected chi connectivity index (χ3v) is 6.74. The summed E-state index contributed by atoms with van der Waals surface area (Å²) in [6.07, 6.45) is 7.25. The summed E-state index contributed by atoms with van der Waals surface area (Å²) >= 11 is 6.52. The van der Waals surface area contributed by atoms with Crippen molar-refractivity contribution in [2.75, 3.05) is 38.3 Å². The summed E-state index contributed by atoms with van der Waals surface area (Å²) in [5.74, 6) is 0.929. The maximum atomic E-state index is 13.6. The number of carbonyl (C=O) groups is 2. The van der Waals surface area contributed by atoms with Crippen molar-refractivity contribution in [1.82, 2.24) is 14.5 Å². The maximum Gasteiger partial charge on any atom is 0.324 e. The summed E-state index contributed by atoms with van der Waals surface area (Å²) in [5.41, 5.74) is 2.15. The van der Waals surface area contributed by atoms with E-state index in [9.17, 15) is 9.59 Å². The Morgan fingerprint density at radius 1 is 1.19 bits per heavy atom. The molecule has 0 atom stereocenters. The lowest BCUT2D eigenvalue weighted by molar-refractivity contribution is -0.122. The zero-order valence-electron chi connectivity index (χ0n) is 21.3. The van der Waals surface area contributed by atoms with Crippen LogP contribution < -0.4 is 14.4 Å². The van der Waals surface area contributed by atoms with Crippen LogP contribution in [0.2, 0.25) is 5.02 Å². The van der Waals surface area contributed by atoms with Crippen molar-refractivity contribution in [2.24, 2.45) is 0 Å². The molecule has 1 aliphatic heterocycles. The Bertz CT molecular complexity index is 1260. The quantitative estimate of drug-likeness (QED) is 0.343. The highest BCUT2D eigenvalue weighted by Crippen LogP contribution is 2.34. The zero-order valence-corrected chi connectivity index (χ0v) is 22.0. The van der Waals surface area contributed by atoms with E-state index >= 15 is 0 Å². The summed E-state index contributed by atoms with van der Waals surface area (Å²) < 4.78 is 13.1. The second-order valence-electron chi connectivity index (χ2n) is 9.07. The fourth-order valence-electron chi connectivity index (χ4n) is 4.58. The molecule has 4 rings (SSSR count). The molecule has 1 aliphatic rings. The van der Waals surface area contributed by atoms with Crippen molar-refractivity contribution < 1.29 is 24.2 Å². The van der Waals surface area contributed by atoms with Crippen molar-refractivity contribution in [3.63, 3.8) is 0 Å². The van der Waals surface area contributed by atoms with Crippen molar-refractivity contribution in [1.29, 1.82) is 0 Å². The minimum absolute atomic E-state index is 0.0209. The molecule has 2 amide bonds. The molecule has 1 N–H and O–H groups in total. The van der Waals surface area contributed by atoms with Crippen molar-refractivity contribution in [2.45, 2.75) is 45.7 Å². The number of ketones is 1. The molecule has 0 unspecified atom stereocenters. The number of urea groups is 1. The van der Waals surface area contributed by atoms with Gasteiger partial charge in [0.25, 0.3) is 0 Å². The topological polar surface area (TPSA) is 97.1 Å². The standard InChI is InChI=1S/C27H33ClN4O5/c1-3-4-5-13-37-24-14-20(7-8-23(24)36-2)32-12-6-11-30(27(32)35)15-19-9-10-29-26-25(19)22(28)17-31(26)16-21(34)18-33/h7-10,14,17,33H,3-6,11-13,15-16,18H2,1-2H3. The molecule has 0 radical (unpaired) electrons. The number of fused-ring (bicyclic) bond motifs is 1. The summed E-state index contributed by atoms with van der Waals surface area (Å²) in [4.78, 5) is 33.3. The van der Waals surface area contributed by atoms with Gasteiger partial charge in [-0.05, 0) is 36.6 Å². The maximum absolute atomic E-state index is 13.6. The molecular weight excluding hydrogens is 496 g/mol. The van der Waals surface area contributed by atoms with Crippen LogP contribution in [0.25, 0.3) is 11.0 Å². The van der Waals surface area contributed by atoms with Crippen LogP contribution in [0.1, 0.15) is 38.2 Å². The van der Waals surface area contributed by atoms with Gasteiger partial charge in [-0.2, -0.15) is 0 Å². The van der Waals surface area contributed by atoms with E-state index in [1.54, 1.807) is 33.9 Å². The number of carbonyl (C=O) groups excluding carboxylic acids is 2. The van der Waals surface area contributed by atoms with Gasteiger partial charge in [-0.3, -0.25) is 9.69 Å². The van der Waals surface area contributed by atoms with Crippen LogP contribution in [0.5, 0.6) is 11.5 Å². The number of rotatable bonds is 12.